The van der Waals surface area contributed by atoms with E-state index in [-0.39, 0.29) is 18.0 Å². The summed E-state index contributed by atoms with van der Waals surface area (Å²) in [6.07, 6.45) is 3.90. The molecule has 222 valence electrons. The van der Waals surface area contributed by atoms with Gasteiger partial charge in [-0.2, -0.15) is 5.21 Å². The number of rotatable bonds is 13. The second-order valence-electron chi connectivity index (χ2n) is 10.9. The van der Waals surface area contributed by atoms with Gasteiger partial charge in [-0.1, -0.05) is 76.9 Å². The van der Waals surface area contributed by atoms with Gasteiger partial charge in [-0.15, -0.1) is 10.2 Å². The lowest BCUT2D eigenvalue weighted by Crippen LogP contribution is -2.37. The number of aromatic amines is 1. The summed E-state index contributed by atoms with van der Waals surface area (Å²) >= 11 is 0. The summed E-state index contributed by atoms with van der Waals surface area (Å²) in [6.45, 7) is 11.0. The molecule has 42 heavy (non-hydrogen) atoms. The number of aromatic nitrogens is 6. The molecule has 10 heteroatoms. The Morgan fingerprint density at radius 3 is 2.38 bits per heavy atom. The molecule has 0 spiro atoms. The Bertz CT molecular complexity index is 1510. The van der Waals surface area contributed by atoms with Crippen LogP contribution in [0.5, 0.6) is 0 Å². The fourth-order valence-corrected chi connectivity index (χ4v) is 4.77. The second-order valence-corrected chi connectivity index (χ2v) is 10.9. The number of unbranched alkanes of at least 4 members (excludes halogenated alkanes) is 2. The summed E-state index contributed by atoms with van der Waals surface area (Å²) in [5.41, 5.74) is 4.48. The van der Waals surface area contributed by atoms with Gasteiger partial charge in [-0.05, 0) is 54.2 Å². The molecule has 0 fully saturated rings. The molecule has 2 aromatic carbocycles. The Hall–Kier alpha value is -4.34. The molecule has 0 saturated heterocycles. The zero-order valence-corrected chi connectivity index (χ0v) is 25.3. The Morgan fingerprint density at radius 1 is 1.02 bits per heavy atom. The molecule has 10 nitrogen and oxygen atoms in total. The van der Waals surface area contributed by atoms with E-state index in [9.17, 15) is 9.59 Å². The van der Waals surface area contributed by atoms with Crippen molar-refractivity contribution in [3.8, 4) is 28.2 Å². The highest BCUT2D eigenvalue weighted by Crippen LogP contribution is 2.30. The monoisotopic (exact) mass is 571 g/mol. The standard InChI is InChI=1S/C32H41N7O3/c1-6-8-14-29-33-23(5)28(20-38(19-9-7-2)32(41)42-21-22(3)4)31(40)39(29)25-17-15-24(16-18-25)26-12-10-11-13-27(26)30-34-36-37-35-30/h10-13,15-18,22H,6-9,14,19-21H2,1-5H3,(H,34,35,36,37). The number of carbonyl (C=O) groups excluding carboxylic acids is 1. The summed E-state index contributed by atoms with van der Waals surface area (Å²) in [5.74, 6) is 1.45. The lowest BCUT2D eigenvalue weighted by Gasteiger charge is -2.24. The van der Waals surface area contributed by atoms with E-state index in [0.717, 1.165) is 48.1 Å². The number of H-pyrrole nitrogens is 1. The summed E-state index contributed by atoms with van der Waals surface area (Å²) in [6, 6.07) is 15.7. The number of carbonyl (C=O) groups is 1. The SMILES string of the molecule is CCCCc1nc(C)c(CN(CCCC)C(=O)OCC(C)C)c(=O)n1-c1ccc(-c2ccccc2-c2nn[nH]n2)cc1. The van der Waals surface area contributed by atoms with Crippen molar-refractivity contribution in [3.63, 3.8) is 0 Å². The number of nitrogens with one attached hydrogen (secondary N) is 1. The molecule has 0 aliphatic heterocycles. The van der Waals surface area contributed by atoms with E-state index in [2.05, 4.69) is 34.5 Å². The quantitative estimate of drug-likeness (QED) is 0.205. The van der Waals surface area contributed by atoms with Gasteiger partial charge in [-0.25, -0.2) is 9.78 Å². The average molecular weight is 572 g/mol. The lowest BCUT2D eigenvalue weighted by molar-refractivity contribution is 0.0888. The maximum Gasteiger partial charge on any atom is 0.410 e. The van der Waals surface area contributed by atoms with Crippen LogP contribution in [0.15, 0.2) is 53.3 Å². The van der Waals surface area contributed by atoms with Crippen molar-refractivity contribution in [2.24, 2.45) is 5.92 Å². The van der Waals surface area contributed by atoms with Crippen LogP contribution >= 0.6 is 0 Å². The van der Waals surface area contributed by atoms with Gasteiger partial charge in [0, 0.05) is 24.2 Å². The van der Waals surface area contributed by atoms with Gasteiger partial charge in [0.05, 0.1) is 24.4 Å². The molecule has 2 aromatic heterocycles. The molecule has 0 aliphatic carbocycles. The molecule has 4 aromatic rings. The molecule has 0 saturated carbocycles. The minimum Gasteiger partial charge on any atom is -0.449 e. The highest BCUT2D eigenvalue weighted by Gasteiger charge is 2.22. The zero-order valence-electron chi connectivity index (χ0n) is 25.3. The van der Waals surface area contributed by atoms with Crippen LogP contribution in [0.2, 0.25) is 0 Å². The lowest BCUT2D eigenvalue weighted by atomic mass is 9.99. The van der Waals surface area contributed by atoms with Crippen molar-refractivity contribution in [1.29, 1.82) is 0 Å². The van der Waals surface area contributed by atoms with Crippen molar-refractivity contribution in [2.45, 2.75) is 73.3 Å². The first kappa shape index (κ1) is 30.6. The number of aryl methyl sites for hydroxylation is 2. The van der Waals surface area contributed by atoms with Crippen molar-refractivity contribution in [1.82, 2.24) is 35.1 Å². The molecule has 0 atom stereocenters. The third-order valence-corrected chi connectivity index (χ3v) is 7.09. The maximum absolute atomic E-state index is 14.2. The molecule has 2 heterocycles. The number of benzene rings is 2. The van der Waals surface area contributed by atoms with Crippen LogP contribution in [0.25, 0.3) is 28.2 Å². The van der Waals surface area contributed by atoms with Gasteiger partial charge in [0.1, 0.15) is 5.82 Å². The van der Waals surface area contributed by atoms with E-state index in [1.807, 2.05) is 69.3 Å². The third-order valence-electron chi connectivity index (χ3n) is 7.09. The Kier molecular flexibility index (Phi) is 10.6. The molecular formula is C32H41N7O3. The van der Waals surface area contributed by atoms with Crippen molar-refractivity contribution < 1.29 is 9.53 Å². The number of amides is 1. The second kappa shape index (κ2) is 14.5. The van der Waals surface area contributed by atoms with E-state index in [0.29, 0.717) is 42.5 Å². The largest absolute Gasteiger partial charge is 0.449 e. The van der Waals surface area contributed by atoms with E-state index in [1.165, 1.54) is 0 Å². The fraction of sp³-hybridized carbons (Fsp3) is 0.438. The predicted molar refractivity (Wildman–Crippen MR) is 163 cm³/mol. The van der Waals surface area contributed by atoms with Crippen LogP contribution in [0, 0.1) is 12.8 Å². The normalized spacial score (nSPS) is 11.2. The van der Waals surface area contributed by atoms with Crippen LogP contribution in [-0.2, 0) is 17.7 Å². The highest BCUT2D eigenvalue weighted by atomic mass is 16.6. The Balaban J connectivity index is 1.73. The van der Waals surface area contributed by atoms with Gasteiger partial charge in [-0.3, -0.25) is 9.36 Å². The summed E-state index contributed by atoms with van der Waals surface area (Å²) < 4.78 is 7.24. The van der Waals surface area contributed by atoms with Crippen LogP contribution < -0.4 is 5.56 Å². The number of hydrogen-bond acceptors (Lipinski definition) is 7. The third kappa shape index (κ3) is 7.29. The van der Waals surface area contributed by atoms with Crippen LogP contribution in [0.3, 0.4) is 0 Å². The van der Waals surface area contributed by atoms with Crippen LogP contribution in [0.1, 0.15) is 70.5 Å². The Labute approximate surface area is 247 Å². The number of ether oxygens (including phenoxy) is 1. The van der Waals surface area contributed by atoms with Crippen molar-refractivity contribution >= 4 is 6.09 Å². The maximum atomic E-state index is 14.2. The van der Waals surface area contributed by atoms with E-state index in [1.54, 1.807) is 9.47 Å². The molecule has 4 rings (SSSR count). The van der Waals surface area contributed by atoms with Gasteiger partial charge >= 0.3 is 6.09 Å². The summed E-state index contributed by atoms with van der Waals surface area (Å²) in [5, 5.41) is 14.5. The minimum absolute atomic E-state index is 0.152. The van der Waals surface area contributed by atoms with Gasteiger partial charge in [0.25, 0.3) is 5.56 Å². The van der Waals surface area contributed by atoms with Crippen LogP contribution in [-0.4, -0.2) is 54.3 Å². The topological polar surface area (TPSA) is 119 Å². The first-order valence-electron chi connectivity index (χ1n) is 14.8. The van der Waals surface area contributed by atoms with Crippen LogP contribution in [0.4, 0.5) is 4.79 Å². The summed E-state index contributed by atoms with van der Waals surface area (Å²) in [4.78, 5) is 33.7. The molecule has 0 radical (unpaired) electrons. The number of nitrogens with zero attached hydrogens (tertiary/aromatic N) is 6. The summed E-state index contributed by atoms with van der Waals surface area (Å²) in [7, 11) is 0. The molecule has 0 unspecified atom stereocenters. The van der Waals surface area contributed by atoms with Gasteiger partial charge in [0.15, 0.2) is 0 Å². The fourth-order valence-electron chi connectivity index (χ4n) is 4.77. The number of tetrazole rings is 1. The van der Waals surface area contributed by atoms with Gasteiger partial charge < -0.3 is 9.64 Å². The zero-order chi connectivity index (χ0) is 30.1. The molecule has 1 amide bonds. The Morgan fingerprint density at radius 2 is 1.74 bits per heavy atom. The highest BCUT2D eigenvalue weighted by molar-refractivity contribution is 5.80. The smallest absolute Gasteiger partial charge is 0.410 e. The first-order chi connectivity index (χ1) is 20.3. The van der Waals surface area contributed by atoms with E-state index < -0.39 is 6.09 Å². The number of hydrogen-bond donors (Lipinski definition) is 1. The molecule has 0 bridgehead atoms. The first-order valence-corrected chi connectivity index (χ1v) is 14.8. The van der Waals surface area contributed by atoms with Crippen molar-refractivity contribution in [2.75, 3.05) is 13.2 Å². The predicted octanol–water partition coefficient (Wildman–Crippen LogP) is 6.13. The molecule has 1 N–H and O–H groups in total. The van der Waals surface area contributed by atoms with E-state index in [4.69, 9.17) is 9.72 Å². The molecular weight excluding hydrogens is 530 g/mol. The minimum atomic E-state index is -0.401. The van der Waals surface area contributed by atoms with E-state index >= 15 is 0 Å². The van der Waals surface area contributed by atoms with Crippen molar-refractivity contribution in [3.05, 3.63) is 76.0 Å². The average Bonchev–Trinajstić information content (AvgIpc) is 3.53. The van der Waals surface area contributed by atoms with Gasteiger partial charge in [0.2, 0.25) is 5.82 Å². The molecule has 0 aliphatic rings.